The van der Waals surface area contributed by atoms with Crippen molar-refractivity contribution in [3.63, 3.8) is 0 Å². The van der Waals surface area contributed by atoms with Gasteiger partial charge in [0.2, 0.25) is 12.3 Å². The molecule has 0 saturated heterocycles. The standard InChI is InChI=1S/C22H23F2N5O2/c1-29(2)22(31)18(9-21(23)24)28-17-7-14(5-6-15(17)10-25)19-12-26-16(11-27-19)8-20(30)13-3-4-13/h5-7,11-13,18,21,28H,3-4,8-9H2,1-2H3/t18-/m0/s1. The monoisotopic (exact) mass is 427 g/mol. The summed E-state index contributed by atoms with van der Waals surface area (Å²) in [6, 6.07) is 5.60. The third kappa shape index (κ3) is 5.81. The average molecular weight is 427 g/mol. The lowest BCUT2D eigenvalue weighted by Gasteiger charge is -2.23. The van der Waals surface area contributed by atoms with Crippen molar-refractivity contribution in [2.45, 2.75) is 38.2 Å². The maximum atomic E-state index is 13.0. The van der Waals surface area contributed by atoms with Crippen LogP contribution in [0.5, 0.6) is 0 Å². The molecule has 0 bridgehead atoms. The van der Waals surface area contributed by atoms with E-state index >= 15 is 0 Å². The lowest BCUT2D eigenvalue weighted by Crippen LogP contribution is -2.40. The van der Waals surface area contributed by atoms with Crippen molar-refractivity contribution in [1.82, 2.24) is 14.9 Å². The molecule has 2 aromatic rings. The highest BCUT2D eigenvalue weighted by molar-refractivity contribution is 5.86. The lowest BCUT2D eigenvalue weighted by atomic mass is 10.1. The Hall–Kier alpha value is -3.41. The first kappa shape index (κ1) is 22.3. The molecule has 0 radical (unpaired) electrons. The van der Waals surface area contributed by atoms with E-state index in [1.807, 2.05) is 6.07 Å². The van der Waals surface area contributed by atoms with Gasteiger partial charge in [-0.1, -0.05) is 6.07 Å². The second-order valence-corrected chi connectivity index (χ2v) is 7.74. The maximum Gasteiger partial charge on any atom is 0.244 e. The lowest BCUT2D eigenvalue weighted by molar-refractivity contribution is -0.130. The molecule has 0 unspecified atom stereocenters. The van der Waals surface area contributed by atoms with Gasteiger partial charge in [0, 0.05) is 38.2 Å². The van der Waals surface area contributed by atoms with Gasteiger partial charge in [0.15, 0.2) is 0 Å². The van der Waals surface area contributed by atoms with Crippen LogP contribution in [-0.4, -0.2) is 53.1 Å². The highest BCUT2D eigenvalue weighted by atomic mass is 19.3. The molecule has 1 fully saturated rings. The molecule has 162 valence electrons. The Morgan fingerprint density at radius 3 is 2.55 bits per heavy atom. The van der Waals surface area contributed by atoms with Crippen LogP contribution in [0.1, 0.15) is 30.5 Å². The number of benzene rings is 1. The fraction of sp³-hybridized carbons (Fsp3) is 0.409. The van der Waals surface area contributed by atoms with Crippen molar-refractivity contribution in [3.8, 4) is 17.3 Å². The van der Waals surface area contributed by atoms with Crippen LogP contribution in [-0.2, 0) is 16.0 Å². The number of likely N-dealkylation sites (N-methyl/N-ethyl adjacent to an activating group) is 1. The first-order chi connectivity index (χ1) is 14.8. The van der Waals surface area contributed by atoms with Gasteiger partial charge in [-0.05, 0) is 25.0 Å². The summed E-state index contributed by atoms with van der Waals surface area (Å²) in [5, 5.41) is 12.2. The zero-order chi connectivity index (χ0) is 22.5. The van der Waals surface area contributed by atoms with Gasteiger partial charge in [0.05, 0.1) is 35.3 Å². The van der Waals surface area contributed by atoms with Gasteiger partial charge >= 0.3 is 0 Å². The predicted octanol–water partition coefficient (Wildman–Crippen LogP) is 3.06. The summed E-state index contributed by atoms with van der Waals surface area (Å²) in [7, 11) is 2.96. The molecule has 3 rings (SSSR count). The third-order valence-corrected chi connectivity index (χ3v) is 5.01. The number of nitrogens with one attached hydrogen (secondary N) is 1. The first-order valence-corrected chi connectivity index (χ1v) is 9.92. The van der Waals surface area contributed by atoms with Crippen LogP contribution in [0.2, 0.25) is 0 Å². The number of halogens is 2. The largest absolute Gasteiger partial charge is 0.372 e. The number of anilines is 1. The molecule has 1 aromatic carbocycles. The quantitative estimate of drug-likeness (QED) is 0.660. The molecular formula is C22H23F2N5O2. The second kappa shape index (κ2) is 9.60. The molecular weight excluding hydrogens is 404 g/mol. The Bertz CT molecular complexity index is 998. The molecule has 1 N–H and O–H groups in total. The minimum atomic E-state index is -2.69. The Kier molecular flexibility index (Phi) is 6.90. The molecule has 1 saturated carbocycles. The minimum Gasteiger partial charge on any atom is -0.372 e. The third-order valence-electron chi connectivity index (χ3n) is 5.01. The number of alkyl halides is 2. The Morgan fingerprint density at radius 2 is 2.00 bits per heavy atom. The summed E-state index contributed by atoms with van der Waals surface area (Å²) >= 11 is 0. The van der Waals surface area contributed by atoms with Crippen molar-refractivity contribution < 1.29 is 18.4 Å². The molecule has 1 aromatic heterocycles. The van der Waals surface area contributed by atoms with E-state index in [0.717, 1.165) is 12.8 Å². The normalized spacial score (nSPS) is 14.1. The number of nitrogens with zero attached hydrogens (tertiary/aromatic N) is 4. The highest BCUT2D eigenvalue weighted by Crippen LogP contribution is 2.31. The van der Waals surface area contributed by atoms with Crippen LogP contribution >= 0.6 is 0 Å². The number of amides is 1. The van der Waals surface area contributed by atoms with Gasteiger partial charge < -0.3 is 10.2 Å². The minimum absolute atomic E-state index is 0.152. The topological polar surface area (TPSA) is 99.0 Å². The van der Waals surface area contributed by atoms with E-state index in [1.54, 1.807) is 12.1 Å². The number of Topliss-reactive ketones (excluding diaryl/α,β-unsaturated/α-hetero) is 1. The molecule has 7 nitrogen and oxygen atoms in total. The molecule has 0 spiro atoms. The van der Waals surface area contributed by atoms with Crippen molar-refractivity contribution in [2.75, 3.05) is 19.4 Å². The SMILES string of the molecule is CN(C)C(=O)[C@H](CC(F)F)Nc1cc(-c2cnc(CC(=O)C3CC3)cn2)ccc1C#N. The summed E-state index contributed by atoms with van der Waals surface area (Å²) in [5.41, 5.74) is 2.16. The van der Waals surface area contributed by atoms with Crippen LogP contribution in [0.25, 0.3) is 11.3 Å². The molecule has 1 aliphatic rings. The van der Waals surface area contributed by atoms with E-state index in [-0.39, 0.29) is 29.4 Å². The molecule has 31 heavy (non-hydrogen) atoms. The number of ketones is 1. The summed E-state index contributed by atoms with van der Waals surface area (Å²) in [6.07, 6.45) is 1.82. The maximum absolute atomic E-state index is 13.0. The summed E-state index contributed by atoms with van der Waals surface area (Å²) in [4.78, 5) is 34.1. The van der Waals surface area contributed by atoms with Crippen molar-refractivity contribution in [1.29, 1.82) is 5.26 Å². The smallest absolute Gasteiger partial charge is 0.244 e. The van der Waals surface area contributed by atoms with E-state index in [2.05, 4.69) is 15.3 Å². The van der Waals surface area contributed by atoms with Gasteiger partial charge in [0.25, 0.3) is 0 Å². The van der Waals surface area contributed by atoms with E-state index in [9.17, 15) is 23.6 Å². The number of carbonyl (C=O) groups excluding carboxylic acids is 2. The molecule has 1 heterocycles. The molecule has 1 atom stereocenters. The van der Waals surface area contributed by atoms with Gasteiger partial charge in [-0.3, -0.25) is 19.6 Å². The first-order valence-electron chi connectivity index (χ1n) is 9.92. The number of hydrogen-bond donors (Lipinski definition) is 1. The van der Waals surface area contributed by atoms with E-state index in [0.29, 0.717) is 17.0 Å². The van der Waals surface area contributed by atoms with Gasteiger partial charge in [0.1, 0.15) is 17.9 Å². The molecule has 1 amide bonds. The van der Waals surface area contributed by atoms with Gasteiger partial charge in [-0.15, -0.1) is 0 Å². The second-order valence-electron chi connectivity index (χ2n) is 7.74. The fourth-order valence-corrected chi connectivity index (χ4v) is 3.14. The summed E-state index contributed by atoms with van der Waals surface area (Å²) in [5.74, 6) is -0.193. The Labute approximate surface area is 179 Å². The average Bonchev–Trinajstić information content (AvgIpc) is 3.58. The fourth-order valence-electron chi connectivity index (χ4n) is 3.14. The van der Waals surface area contributed by atoms with Gasteiger partial charge in [-0.2, -0.15) is 5.26 Å². The highest BCUT2D eigenvalue weighted by Gasteiger charge is 2.29. The van der Waals surface area contributed by atoms with E-state index in [4.69, 9.17) is 0 Å². The van der Waals surface area contributed by atoms with Crippen LogP contribution in [0.4, 0.5) is 14.5 Å². The van der Waals surface area contributed by atoms with Crippen LogP contribution in [0.15, 0.2) is 30.6 Å². The predicted molar refractivity (Wildman–Crippen MR) is 110 cm³/mol. The number of rotatable bonds is 9. The molecule has 0 aliphatic heterocycles. The van der Waals surface area contributed by atoms with E-state index < -0.39 is 24.8 Å². The van der Waals surface area contributed by atoms with Crippen LogP contribution in [0, 0.1) is 17.2 Å². The number of carbonyl (C=O) groups is 2. The van der Waals surface area contributed by atoms with E-state index in [1.165, 1.54) is 37.5 Å². The van der Waals surface area contributed by atoms with Crippen LogP contribution < -0.4 is 5.32 Å². The van der Waals surface area contributed by atoms with Crippen molar-refractivity contribution in [3.05, 3.63) is 41.9 Å². The van der Waals surface area contributed by atoms with Gasteiger partial charge in [-0.25, -0.2) is 8.78 Å². The zero-order valence-corrected chi connectivity index (χ0v) is 17.3. The molecule has 9 heteroatoms. The zero-order valence-electron chi connectivity index (χ0n) is 17.3. The number of nitriles is 1. The van der Waals surface area contributed by atoms with Crippen LogP contribution in [0.3, 0.4) is 0 Å². The number of hydrogen-bond acceptors (Lipinski definition) is 6. The molecule has 1 aliphatic carbocycles. The summed E-state index contributed by atoms with van der Waals surface area (Å²) in [6.45, 7) is 0. The number of aromatic nitrogens is 2. The van der Waals surface area contributed by atoms with Crippen molar-refractivity contribution >= 4 is 17.4 Å². The Morgan fingerprint density at radius 1 is 1.26 bits per heavy atom. The summed E-state index contributed by atoms with van der Waals surface area (Å²) < 4.78 is 26.0. The Balaban J connectivity index is 1.83. The van der Waals surface area contributed by atoms with Crippen molar-refractivity contribution in [2.24, 2.45) is 5.92 Å².